The van der Waals surface area contributed by atoms with Crippen molar-refractivity contribution in [1.82, 2.24) is 9.88 Å². The second-order valence-corrected chi connectivity index (χ2v) is 7.41. The van der Waals surface area contributed by atoms with Gasteiger partial charge in [0.2, 0.25) is 0 Å². The Bertz CT molecular complexity index is 968. The zero-order valence-electron chi connectivity index (χ0n) is 16.4. The molecule has 1 aromatic carbocycles. The maximum absolute atomic E-state index is 12.9. The van der Waals surface area contributed by atoms with Crippen molar-refractivity contribution >= 4 is 17.4 Å². The highest BCUT2D eigenvalue weighted by Crippen LogP contribution is 2.40. The van der Waals surface area contributed by atoms with Gasteiger partial charge in [-0.3, -0.25) is 14.6 Å². The van der Waals surface area contributed by atoms with Crippen LogP contribution in [0.1, 0.15) is 48.9 Å². The van der Waals surface area contributed by atoms with Crippen molar-refractivity contribution in [2.45, 2.75) is 38.6 Å². The standard InChI is InChI=1S/C23H24N2O4/c1-2-3-4-11-25-20(17-6-5-10-24-14-17)19(22(27)23(25)28)21(26)16-7-8-18-15(13-16)9-12-29-18/h5-8,10,13-14,20,26H,2-4,9,11-12H2,1H3/b21-19-. The fourth-order valence-corrected chi connectivity index (χ4v) is 4.02. The number of unbranched alkanes of at least 4 members (excludes halogenated alkanes) is 2. The minimum atomic E-state index is -0.649. The van der Waals surface area contributed by atoms with E-state index in [1.54, 1.807) is 35.5 Å². The third-order valence-electron chi connectivity index (χ3n) is 5.51. The summed E-state index contributed by atoms with van der Waals surface area (Å²) in [7, 11) is 0. The number of carbonyl (C=O) groups is 2. The van der Waals surface area contributed by atoms with Gasteiger partial charge in [-0.2, -0.15) is 0 Å². The largest absolute Gasteiger partial charge is 0.507 e. The Hall–Kier alpha value is -3.15. The number of aliphatic hydroxyl groups is 1. The molecule has 2 aliphatic rings. The van der Waals surface area contributed by atoms with Gasteiger partial charge in [-0.05, 0) is 41.8 Å². The molecule has 2 aliphatic heterocycles. The summed E-state index contributed by atoms with van der Waals surface area (Å²) in [4.78, 5) is 31.5. The summed E-state index contributed by atoms with van der Waals surface area (Å²) in [6.45, 7) is 3.16. The molecule has 150 valence electrons. The van der Waals surface area contributed by atoms with E-state index in [4.69, 9.17) is 4.74 Å². The van der Waals surface area contributed by atoms with E-state index in [1.165, 1.54) is 0 Å². The first-order valence-corrected chi connectivity index (χ1v) is 10.1. The average molecular weight is 392 g/mol. The predicted octanol–water partition coefficient (Wildman–Crippen LogP) is 3.63. The molecule has 0 bridgehead atoms. The number of likely N-dealkylation sites (tertiary alicyclic amines) is 1. The molecule has 0 saturated carbocycles. The van der Waals surface area contributed by atoms with Crippen LogP contribution in [0, 0.1) is 0 Å². The van der Waals surface area contributed by atoms with Gasteiger partial charge in [0.1, 0.15) is 11.5 Å². The van der Waals surface area contributed by atoms with Crippen molar-refractivity contribution in [3.8, 4) is 5.75 Å². The van der Waals surface area contributed by atoms with Gasteiger partial charge in [0.15, 0.2) is 0 Å². The van der Waals surface area contributed by atoms with E-state index in [0.717, 1.165) is 37.0 Å². The zero-order chi connectivity index (χ0) is 20.4. The molecule has 6 heteroatoms. The normalized spacial score (nSPS) is 20.0. The molecule has 1 amide bonds. The van der Waals surface area contributed by atoms with Crippen LogP contribution < -0.4 is 4.74 Å². The van der Waals surface area contributed by atoms with E-state index in [0.29, 0.717) is 24.3 Å². The fraction of sp³-hybridized carbons (Fsp3) is 0.348. The van der Waals surface area contributed by atoms with Crippen LogP contribution in [0.2, 0.25) is 0 Å². The quantitative estimate of drug-likeness (QED) is 0.351. The molecule has 1 fully saturated rings. The molecule has 1 unspecified atom stereocenters. The first-order valence-electron chi connectivity index (χ1n) is 10.1. The van der Waals surface area contributed by atoms with Crippen LogP contribution >= 0.6 is 0 Å². The monoisotopic (exact) mass is 392 g/mol. The highest BCUT2D eigenvalue weighted by molar-refractivity contribution is 6.46. The number of Topliss-reactive ketones (excluding diaryl/α,β-unsaturated/α-hetero) is 1. The number of rotatable bonds is 6. The van der Waals surface area contributed by atoms with E-state index in [1.807, 2.05) is 12.1 Å². The number of fused-ring (bicyclic) bond motifs is 1. The second kappa shape index (κ2) is 8.07. The summed E-state index contributed by atoms with van der Waals surface area (Å²) in [5, 5.41) is 11.1. The second-order valence-electron chi connectivity index (χ2n) is 7.41. The van der Waals surface area contributed by atoms with Crippen molar-refractivity contribution in [3.05, 3.63) is 65.0 Å². The number of aliphatic hydroxyl groups excluding tert-OH is 1. The Kier molecular flexibility index (Phi) is 5.34. The number of ketones is 1. The van der Waals surface area contributed by atoms with Crippen LogP contribution in [0.3, 0.4) is 0 Å². The number of hydrogen-bond donors (Lipinski definition) is 1. The molecular weight excluding hydrogens is 368 g/mol. The number of benzene rings is 1. The number of amides is 1. The van der Waals surface area contributed by atoms with Crippen molar-refractivity contribution in [1.29, 1.82) is 0 Å². The van der Waals surface area contributed by atoms with Crippen molar-refractivity contribution in [3.63, 3.8) is 0 Å². The molecule has 2 aromatic rings. The van der Waals surface area contributed by atoms with Gasteiger partial charge in [0.05, 0.1) is 18.2 Å². The molecule has 1 atom stereocenters. The highest BCUT2D eigenvalue weighted by Gasteiger charge is 2.45. The number of nitrogens with zero attached hydrogens (tertiary/aromatic N) is 2. The van der Waals surface area contributed by atoms with Crippen molar-refractivity contribution in [2.75, 3.05) is 13.2 Å². The van der Waals surface area contributed by atoms with E-state index in [9.17, 15) is 14.7 Å². The maximum atomic E-state index is 12.9. The minimum Gasteiger partial charge on any atom is -0.507 e. The summed E-state index contributed by atoms with van der Waals surface area (Å²) < 4.78 is 5.52. The van der Waals surface area contributed by atoms with Gasteiger partial charge in [-0.25, -0.2) is 0 Å². The number of pyridine rings is 1. The van der Waals surface area contributed by atoms with E-state index in [2.05, 4.69) is 11.9 Å². The molecule has 1 aromatic heterocycles. The minimum absolute atomic E-state index is 0.123. The lowest BCUT2D eigenvalue weighted by molar-refractivity contribution is -0.139. The Balaban J connectivity index is 1.79. The number of aromatic nitrogens is 1. The van der Waals surface area contributed by atoms with E-state index >= 15 is 0 Å². The summed E-state index contributed by atoms with van der Waals surface area (Å²) >= 11 is 0. The van der Waals surface area contributed by atoms with Crippen LogP contribution in [0.25, 0.3) is 5.76 Å². The van der Waals surface area contributed by atoms with Gasteiger partial charge >= 0.3 is 0 Å². The predicted molar refractivity (Wildman–Crippen MR) is 108 cm³/mol. The lowest BCUT2D eigenvalue weighted by Gasteiger charge is -2.25. The molecule has 0 radical (unpaired) electrons. The fourth-order valence-electron chi connectivity index (χ4n) is 4.02. The molecule has 6 nitrogen and oxygen atoms in total. The topological polar surface area (TPSA) is 79.7 Å². The molecule has 0 aliphatic carbocycles. The number of ether oxygens (including phenoxy) is 1. The summed E-state index contributed by atoms with van der Waals surface area (Å²) in [5.74, 6) is -0.569. The molecule has 29 heavy (non-hydrogen) atoms. The molecule has 1 N–H and O–H groups in total. The molecule has 3 heterocycles. The van der Waals surface area contributed by atoms with Gasteiger partial charge in [0, 0.05) is 30.9 Å². The van der Waals surface area contributed by atoms with Crippen molar-refractivity contribution < 1.29 is 19.4 Å². The zero-order valence-corrected chi connectivity index (χ0v) is 16.4. The van der Waals surface area contributed by atoms with Crippen LogP contribution in [-0.4, -0.2) is 39.8 Å². The molecular formula is C23H24N2O4. The molecule has 4 rings (SSSR count). The summed E-state index contributed by atoms with van der Waals surface area (Å²) in [6, 6.07) is 8.33. The molecule has 0 spiro atoms. The summed E-state index contributed by atoms with van der Waals surface area (Å²) in [5.41, 5.74) is 2.35. The lowest BCUT2D eigenvalue weighted by Crippen LogP contribution is -2.30. The van der Waals surface area contributed by atoms with E-state index in [-0.39, 0.29) is 11.3 Å². The summed E-state index contributed by atoms with van der Waals surface area (Å²) in [6.07, 6.45) is 6.83. The maximum Gasteiger partial charge on any atom is 0.295 e. The Morgan fingerprint density at radius 1 is 1.28 bits per heavy atom. The van der Waals surface area contributed by atoms with Crippen LogP contribution in [0.15, 0.2) is 48.3 Å². The van der Waals surface area contributed by atoms with Crippen LogP contribution in [-0.2, 0) is 16.0 Å². The third-order valence-corrected chi connectivity index (χ3v) is 5.51. The van der Waals surface area contributed by atoms with Gasteiger partial charge in [0.25, 0.3) is 11.7 Å². The van der Waals surface area contributed by atoms with Crippen LogP contribution in [0.5, 0.6) is 5.75 Å². The van der Waals surface area contributed by atoms with E-state index < -0.39 is 17.7 Å². The number of carbonyl (C=O) groups excluding carboxylic acids is 2. The Labute approximate surface area is 169 Å². The van der Waals surface area contributed by atoms with Gasteiger partial charge in [-0.1, -0.05) is 25.8 Å². The molecule has 1 saturated heterocycles. The first kappa shape index (κ1) is 19.2. The Morgan fingerprint density at radius 2 is 2.14 bits per heavy atom. The highest BCUT2D eigenvalue weighted by atomic mass is 16.5. The Morgan fingerprint density at radius 3 is 2.90 bits per heavy atom. The van der Waals surface area contributed by atoms with Gasteiger partial charge in [-0.15, -0.1) is 0 Å². The number of hydrogen-bond acceptors (Lipinski definition) is 5. The van der Waals surface area contributed by atoms with Gasteiger partial charge < -0.3 is 14.7 Å². The SMILES string of the molecule is CCCCCN1C(=O)C(=O)/C(=C(\O)c2ccc3c(c2)CCO3)C1c1cccnc1. The smallest absolute Gasteiger partial charge is 0.295 e. The van der Waals surface area contributed by atoms with Crippen LogP contribution in [0.4, 0.5) is 0 Å². The lowest BCUT2D eigenvalue weighted by atomic mass is 9.95. The first-order chi connectivity index (χ1) is 14.1. The third kappa shape index (κ3) is 3.50. The van der Waals surface area contributed by atoms with Crippen molar-refractivity contribution in [2.24, 2.45) is 0 Å². The average Bonchev–Trinajstić information content (AvgIpc) is 3.31.